The van der Waals surface area contributed by atoms with E-state index in [0.717, 1.165) is 0 Å². The van der Waals surface area contributed by atoms with Crippen LogP contribution >= 0.6 is 0 Å². The van der Waals surface area contributed by atoms with E-state index in [1.807, 2.05) is 0 Å². The molecule has 0 spiro atoms. The predicted octanol–water partition coefficient (Wildman–Crippen LogP) is 1.09. The van der Waals surface area contributed by atoms with Gasteiger partial charge in [0.25, 0.3) is 0 Å². The summed E-state index contributed by atoms with van der Waals surface area (Å²) in [6.07, 6.45) is 0.251. The average Bonchev–Trinajstić information content (AvgIpc) is 2.46. The lowest BCUT2D eigenvalue weighted by atomic mass is 10.3. The Balaban J connectivity index is 2.38. The molecular weight excluding hydrogens is 268 g/mol. The van der Waals surface area contributed by atoms with Crippen LogP contribution in [0.2, 0.25) is 0 Å². The number of rotatable bonds is 3. The topological polar surface area (TPSA) is 84.5 Å². The zero-order chi connectivity index (χ0) is 14.0. The highest BCUT2D eigenvalue weighted by atomic mass is 32.2. The fraction of sp³-hybridized carbons (Fsp3) is 0.417. The van der Waals surface area contributed by atoms with Crippen molar-refractivity contribution in [2.75, 3.05) is 11.9 Å². The Bertz CT molecular complexity index is 596. The molecule has 1 aliphatic heterocycles. The molecule has 1 aliphatic rings. The van der Waals surface area contributed by atoms with Gasteiger partial charge in [-0.15, -0.1) is 0 Å². The minimum atomic E-state index is -3.58. The Hall–Kier alpha value is -1.60. The molecule has 0 aromatic heterocycles. The fourth-order valence-electron chi connectivity index (χ4n) is 1.74. The van der Waals surface area contributed by atoms with E-state index >= 15 is 0 Å². The molecule has 0 radical (unpaired) electrons. The Labute approximate surface area is 112 Å². The van der Waals surface area contributed by atoms with E-state index in [2.05, 4.69) is 10.0 Å². The van der Waals surface area contributed by atoms with Crippen LogP contribution in [0.3, 0.4) is 0 Å². The van der Waals surface area contributed by atoms with Crippen LogP contribution in [0.1, 0.15) is 20.3 Å². The van der Waals surface area contributed by atoms with Crippen LogP contribution in [0.5, 0.6) is 5.75 Å². The molecule has 1 aromatic carbocycles. The number of carbonyl (C=O) groups is 1. The molecular formula is C12H16N2O4S. The maximum atomic E-state index is 12.0. The summed E-state index contributed by atoms with van der Waals surface area (Å²) in [7, 11) is -3.58. The van der Waals surface area contributed by atoms with Crippen molar-refractivity contribution >= 4 is 21.6 Å². The Morgan fingerprint density at radius 2 is 2.11 bits per heavy atom. The zero-order valence-electron chi connectivity index (χ0n) is 10.8. The molecule has 0 unspecified atom stereocenters. The third-order valence-corrected chi connectivity index (χ3v) is 4.17. The number of hydrogen-bond donors (Lipinski definition) is 2. The maximum absolute atomic E-state index is 12.0. The van der Waals surface area contributed by atoms with Gasteiger partial charge in [0.1, 0.15) is 5.75 Å². The van der Waals surface area contributed by atoms with Gasteiger partial charge in [0, 0.05) is 6.04 Å². The summed E-state index contributed by atoms with van der Waals surface area (Å²) in [6.45, 7) is 3.77. The van der Waals surface area contributed by atoms with Crippen LogP contribution < -0.4 is 14.8 Å². The van der Waals surface area contributed by atoms with E-state index < -0.39 is 10.0 Å². The number of benzene rings is 1. The van der Waals surface area contributed by atoms with Crippen LogP contribution in [-0.2, 0) is 14.8 Å². The van der Waals surface area contributed by atoms with Gasteiger partial charge in [-0.1, -0.05) is 0 Å². The summed E-state index contributed by atoms with van der Waals surface area (Å²) < 4.78 is 31.9. The molecule has 7 heteroatoms. The van der Waals surface area contributed by atoms with Crippen molar-refractivity contribution in [3.05, 3.63) is 18.2 Å². The Morgan fingerprint density at radius 3 is 2.79 bits per heavy atom. The first-order chi connectivity index (χ1) is 8.88. The summed E-state index contributed by atoms with van der Waals surface area (Å²) in [5.41, 5.74) is 0.383. The van der Waals surface area contributed by atoms with Gasteiger partial charge in [-0.25, -0.2) is 13.1 Å². The van der Waals surface area contributed by atoms with Crippen molar-refractivity contribution in [2.45, 2.75) is 31.2 Å². The molecule has 0 bridgehead atoms. The number of fused-ring (bicyclic) bond motifs is 1. The van der Waals surface area contributed by atoms with Crippen molar-refractivity contribution in [1.29, 1.82) is 0 Å². The van der Waals surface area contributed by atoms with Gasteiger partial charge in [0.15, 0.2) is 0 Å². The van der Waals surface area contributed by atoms with Gasteiger partial charge >= 0.3 is 0 Å². The van der Waals surface area contributed by atoms with Crippen molar-refractivity contribution in [3.63, 3.8) is 0 Å². The average molecular weight is 284 g/mol. The molecule has 6 nitrogen and oxygen atoms in total. The lowest BCUT2D eigenvalue weighted by molar-refractivity contribution is -0.116. The number of ether oxygens (including phenoxy) is 1. The fourth-order valence-corrected chi connectivity index (χ4v) is 3.02. The van der Waals surface area contributed by atoms with Crippen molar-refractivity contribution < 1.29 is 17.9 Å². The third-order valence-electron chi connectivity index (χ3n) is 2.51. The summed E-state index contributed by atoms with van der Waals surface area (Å²) >= 11 is 0. The molecule has 2 N–H and O–H groups in total. The van der Waals surface area contributed by atoms with Gasteiger partial charge in [-0.3, -0.25) is 4.79 Å². The van der Waals surface area contributed by atoms with Crippen LogP contribution in [0.4, 0.5) is 5.69 Å². The Morgan fingerprint density at radius 1 is 1.37 bits per heavy atom. The number of anilines is 1. The maximum Gasteiger partial charge on any atom is 0.240 e. The van der Waals surface area contributed by atoms with E-state index in [0.29, 0.717) is 11.4 Å². The van der Waals surface area contributed by atoms with Crippen molar-refractivity contribution in [2.24, 2.45) is 0 Å². The molecule has 1 heterocycles. The monoisotopic (exact) mass is 284 g/mol. The second-order valence-corrected chi connectivity index (χ2v) is 6.29. The van der Waals surface area contributed by atoms with Gasteiger partial charge in [0.05, 0.1) is 23.6 Å². The number of carbonyl (C=O) groups excluding carboxylic acids is 1. The van der Waals surface area contributed by atoms with Crippen LogP contribution in [-0.4, -0.2) is 27.0 Å². The summed E-state index contributed by atoms with van der Waals surface area (Å²) in [4.78, 5) is 11.5. The predicted molar refractivity (Wildman–Crippen MR) is 70.6 cm³/mol. The number of sulfonamides is 1. The third kappa shape index (κ3) is 3.24. The van der Waals surface area contributed by atoms with E-state index in [9.17, 15) is 13.2 Å². The molecule has 1 aromatic rings. The van der Waals surface area contributed by atoms with Crippen molar-refractivity contribution in [3.8, 4) is 5.75 Å². The number of nitrogens with one attached hydrogen (secondary N) is 2. The largest absolute Gasteiger partial charge is 0.491 e. The van der Waals surface area contributed by atoms with Gasteiger partial charge in [-0.2, -0.15) is 0 Å². The lowest BCUT2D eigenvalue weighted by Crippen LogP contribution is -2.30. The smallest absolute Gasteiger partial charge is 0.240 e. The first-order valence-corrected chi connectivity index (χ1v) is 7.46. The molecule has 0 aliphatic carbocycles. The second kappa shape index (κ2) is 5.18. The van der Waals surface area contributed by atoms with Gasteiger partial charge in [-0.05, 0) is 32.0 Å². The number of amides is 1. The normalized spacial score (nSPS) is 15.4. The summed E-state index contributed by atoms with van der Waals surface area (Å²) in [6, 6.07) is 4.22. The number of hydrogen-bond acceptors (Lipinski definition) is 4. The first kappa shape index (κ1) is 13.8. The molecule has 0 saturated carbocycles. The minimum Gasteiger partial charge on any atom is -0.491 e. The summed E-state index contributed by atoms with van der Waals surface area (Å²) in [5, 5.41) is 2.63. The van der Waals surface area contributed by atoms with E-state index in [1.54, 1.807) is 19.9 Å². The highest BCUT2D eigenvalue weighted by molar-refractivity contribution is 7.89. The van der Waals surface area contributed by atoms with Gasteiger partial charge < -0.3 is 10.1 Å². The quantitative estimate of drug-likeness (QED) is 0.870. The van der Waals surface area contributed by atoms with Crippen LogP contribution in [0.15, 0.2) is 23.1 Å². The van der Waals surface area contributed by atoms with Crippen LogP contribution in [0.25, 0.3) is 0 Å². The molecule has 2 rings (SSSR count). The SMILES string of the molecule is CC(C)NS(=O)(=O)c1ccc2c(c1)NC(=O)CCO2. The highest BCUT2D eigenvalue weighted by Gasteiger charge is 2.20. The standard InChI is InChI=1S/C12H16N2O4S/c1-8(2)14-19(16,17)9-3-4-11-10(7-9)13-12(15)5-6-18-11/h3-4,7-8,14H,5-6H2,1-2H3,(H,13,15). The van der Waals surface area contributed by atoms with Crippen molar-refractivity contribution in [1.82, 2.24) is 4.72 Å². The van der Waals surface area contributed by atoms with E-state index in [1.165, 1.54) is 12.1 Å². The molecule has 1 amide bonds. The zero-order valence-corrected chi connectivity index (χ0v) is 11.6. The summed E-state index contributed by atoms with van der Waals surface area (Å²) in [5.74, 6) is 0.291. The van der Waals surface area contributed by atoms with E-state index in [4.69, 9.17) is 4.74 Å². The molecule has 0 saturated heterocycles. The van der Waals surface area contributed by atoms with Crippen LogP contribution in [0, 0.1) is 0 Å². The molecule has 19 heavy (non-hydrogen) atoms. The highest BCUT2D eigenvalue weighted by Crippen LogP contribution is 2.29. The molecule has 0 atom stereocenters. The molecule has 104 valence electrons. The second-order valence-electron chi connectivity index (χ2n) is 4.58. The lowest BCUT2D eigenvalue weighted by Gasteiger charge is -2.12. The van der Waals surface area contributed by atoms with E-state index in [-0.39, 0.29) is 29.9 Å². The minimum absolute atomic E-state index is 0.103. The first-order valence-electron chi connectivity index (χ1n) is 5.97. The van der Waals surface area contributed by atoms with Gasteiger partial charge in [0.2, 0.25) is 15.9 Å². The molecule has 0 fully saturated rings. The Kier molecular flexibility index (Phi) is 3.77.